The third-order valence-electron chi connectivity index (χ3n) is 4.43. The molecular weight excluding hydrogens is 274 g/mol. The van der Waals surface area contributed by atoms with E-state index in [2.05, 4.69) is 11.9 Å². The van der Waals surface area contributed by atoms with Crippen LogP contribution in [0.15, 0.2) is 18.3 Å². The summed E-state index contributed by atoms with van der Waals surface area (Å²) >= 11 is 0. The number of likely N-dealkylation sites (tertiary alicyclic amines) is 1. The normalized spacial score (nSPS) is 16.6. The lowest BCUT2D eigenvalue weighted by Gasteiger charge is -2.31. The van der Waals surface area contributed by atoms with Crippen molar-refractivity contribution >= 4 is 16.8 Å². The largest absolute Gasteiger partial charge is 0.360 e. The van der Waals surface area contributed by atoms with Gasteiger partial charge in [0.25, 0.3) is 5.91 Å². The smallest absolute Gasteiger partial charge is 0.256 e. The number of fused-ring (bicyclic) bond motifs is 1. The molecule has 0 spiro atoms. The highest BCUT2D eigenvalue weighted by Gasteiger charge is 2.24. The van der Waals surface area contributed by atoms with Crippen molar-refractivity contribution in [3.05, 3.63) is 35.5 Å². The zero-order valence-corrected chi connectivity index (χ0v) is 12.0. The fraction of sp³-hybridized carbons (Fsp3) is 0.438. The van der Waals surface area contributed by atoms with Crippen molar-refractivity contribution in [2.24, 2.45) is 5.92 Å². The van der Waals surface area contributed by atoms with E-state index in [1.54, 1.807) is 4.90 Å². The van der Waals surface area contributed by atoms with Gasteiger partial charge in [0.1, 0.15) is 0 Å². The van der Waals surface area contributed by atoms with Gasteiger partial charge in [-0.3, -0.25) is 4.79 Å². The highest BCUT2D eigenvalue weighted by molar-refractivity contribution is 6.06. The van der Waals surface area contributed by atoms with E-state index in [1.165, 1.54) is 6.20 Å². The van der Waals surface area contributed by atoms with Gasteiger partial charge in [-0.25, -0.2) is 8.78 Å². The van der Waals surface area contributed by atoms with E-state index in [-0.39, 0.29) is 5.91 Å². The Morgan fingerprint density at radius 2 is 1.95 bits per heavy atom. The Balaban J connectivity index is 1.87. The Labute approximate surface area is 121 Å². The molecule has 0 saturated carbocycles. The predicted octanol–water partition coefficient (Wildman–Crippen LogP) is 3.71. The molecule has 0 bridgehead atoms. The summed E-state index contributed by atoms with van der Waals surface area (Å²) in [5.74, 6) is -1.27. The van der Waals surface area contributed by atoms with Crippen LogP contribution in [-0.2, 0) is 0 Å². The maximum Gasteiger partial charge on any atom is 0.256 e. The number of hydrogen-bond acceptors (Lipinski definition) is 1. The van der Waals surface area contributed by atoms with Crippen LogP contribution in [0, 0.1) is 17.6 Å². The van der Waals surface area contributed by atoms with Crippen LogP contribution in [0.3, 0.4) is 0 Å². The van der Waals surface area contributed by atoms with Crippen LogP contribution in [0.2, 0.25) is 0 Å². The lowest BCUT2D eigenvalue weighted by atomic mass is 9.94. The quantitative estimate of drug-likeness (QED) is 0.900. The average molecular weight is 292 g/mol. The van der Waals surface area contributed by atoms with Crippen LogP contribution >= 0.6 is 0 Å². The Bertz CT molecular complexity index is 672. The fourth-order valence-electron chi connectivity index (χ4n) is 3.01. The van der Waals surface area contributed by atoms with Crippen LogP contribution in [-0.4, -0.2) is 28.9 Å². The number of rotatable bonds is 2. The van der Waals surface area contributed by atoms with Crippen molar-refractivity contribution in [1.29, 1.82) is 0 Å². The molecule has 1 saturated heterocycles. The lowest BCUT2D eigenvalue weighted by Crippen LogP contribution is -2.38. The molecule has 1 aromatic carbocycles. The van der Waals surface area contributed by atoms with Crippen molar-refractivity contribution in [3.8, 4) is 0 Å². The van der Waals surface area contributed by atoms with E-state index in [9.17, 15) is 13.6 Å². The van der Waals surface area contributed by atoms with E-state index < -0.39 is 11.6 Å². The molecule has 1 aromatic heterocycles. The monoisotopic (exact) mass is 292 g/mol. The number of hydrogen-bond donors (Lipinski definition) is 1. The Morgan fingerprint density at radius 1 is 1.29 bits per heavy atom. The minimum absolute atomic E-state index is 0.109. The topological polar surface area (TPSA) is 36.1 Å². The van der Waals surface area contributed by atoms with Crippen LogP contribution in [0.4, 0.5) is 8.78 Å². The van der Waals surface area contributed by atoms with Crippen molar-refractivity contribution in [3.63, 3.8) is 0 Å². The number of carbonyl (C=O) groups is 1. The first-order chi connectivity index (χ1) is 10.1. The van der Waals surface area contributed by atoms with Gasteiger partial charge in [0.2, 0.25) is 0 Å². The van der Waals surface area contributed by atoms with E-state index in [4.69, 9.17) is 0 Å². The van der Waals surface area contributed by atoms with Gasteiger partial charge >= 0.3 is 0 Å². The molecule has 3 rings (SSSR count). The zero-order valence-electron chi connectivity index (χ0n) is 12.0. The number of benzene rings is 1. The fourth-order valence-corrected chi connectivity index (χ4v) is 3.01. The van der Waals surface area contributed by atoms with Crippen molar-refractivity contribution in [1.82, 2.24) is 9.88 Å². The molecule has 1 fully saturated rings. The third-order valence-corrected chi connectivity index (χ3v) is 4.43. The second-order valence-electron chi connectivity index (χ2n) is 5.66. The highest BCUT2D eigenvalue weighted by atomic mass is 19.2. The number of carbonyl (C=O) groups excluding carboxylic acids is 1. The SMILES string of the molecule is CCC1CCN(C(=O)c2c[nH]c3cc(F)c(F)cc23)CC1. The second-order valence-corrected chi connectivity index (χ2v) is 5.66. The maximum absolute atomic E-state index is 13.4. The molecule has 112 valence electrons. The predicted molar refractivity (Wildman–Crippen MR) is 77.1 cm³/mol. The van der Waals surface area contributed by atoms with Gasteiger partial charge in [0.05, 0.1) is 5.56 Å². The van der Waals surface area contributed by atoms with E-state index in [1.807, 2.05) is 0 Å². The van der Waals surface area contributed by atoms with E-state index in [0.717, 1.165) is 44.5 Å². The van der Waals surface area contributed by atoms with E-state index in [0.29, 0.717) is 22.4 Å². The molecule has 0 unspecified atom stereocenters. The summed E-state index contributed by atoms with van der Waals surface area (Å²) in [5.41, 5.74) is 0.861. The van der Waals surface area contributed by atoms with Gasteiger partial charge in [-0.05, 0) is 24.8 Å². The Hall–Kier alpha value is -1.91. The van der Waals surface area contributed by atoms with Crippen LogP contribution in [0.5, 0.6) is 0 Å². The first-order valence-corrected chi connectivity index (χ1v) is 7.35. The number of nitrogens with one attached hydrogen (secondary N) is 1. The summed E-state index contributed by atoms with van der Waals surface area (Å²) in [6, 6.07) is 2.18. The first-order valence-electron chi connectivity index (χ1n) is 7.35. The number of halogens is 2. The van der Waals surface area contributed by atoms with Gasteiger partial charge in [0, 0.05) is 36.3 Å². The minimum atomic E-state index is -0.930. The number of aromatic amines is 1. The van der Waals surface area contributed by atoms with E-state index >= 15 is 0 Å². The molecule has 0 radical (unpaired) electrons. The summed E-state index contributed by atoms with van der Waals surface area (Å²) in [6.07, 6.45) is 4.69. The van der Waals surface area contributed by atoms with Crippen molar-refractivity contribution in [2.45, 2.75) is 26.2 Å². The maximum atomic E-state index is 13.4. The van der Waals surface area contributed by atoms with Gasteiger partial charge in [-0.15, -0.1) is 0 Å². The highest BCUT2D eigenvalue weighted by Crippen LogP contribution is 2.25. The van der Waals surface area contributed by atoms with Crippen LogP contribution in [0.25, 0.3) is 10.9 Å². The van der Waals surface area contributed by atoms with Crippen molar-refractivity contribution in [2.75, 3.05) is 13.1 Å². The zero-order chi connectivity index (χ0) is 15.0. The van der Waals surface area contributed by atoms with Crippen LogP contribution in [0.1, 0.15) is 36.5 Å². The summed E-state index contributed by atoms with van der Waals surface area (Å²) in [5, 5.41) is 0.441. The summed E-state index contributed by atoms with van der Waals surface area (Å²) < 4.78 is 26.6. The molecule has 1 aliphatic heterocycles. The van der Waals surface area contributed by atoms with Crippen molar-refractivity contribution < 1.29 is 13.6 Å². The molecule has 0 atom stereocenters. The number of aromatic nitrogens is 1. The Kier molecular flexibility index (Phi) is 3.66. The number of amides is 1. The molecule has 2 aromatic rings. The molecule has 21 heavy (non-hydrogen) atoms. The third kappa shape index (κ3) is 2.52. The standard InChI is InChI=1S/C16H18F2N2O/c1-2-10-3-5-20(6-4-10)16(21)12-9-19-15-8-14(18)13(17)7-11(12)15/h7-10,19H,2-6H2,1H3. The molecule has 1 N–H and O–H groups in total. The van der Waals surface area contributed by atoms with Crippen LogP contribution < -0.4 is 0 Å². The van der Waals surface area contributed by atoms with Gasteiger partial charge in [0.15, 0.2) is 11.6 Å². The lowest BCUT2D eigenvalue weighted by molar-refractivity contribution is 0.0691. The van der Waals surface area contributed by atoms with Gasteiger partial charge in [-0.1, -0.05) is 13.3 Å². The second kappa shape index (κ2) is 5.47. The molecule has 5 heteroatoms. The molecule has 1 aliphatic rings. The molecule has 3 nitrogen and oxygen atoms in total. The summed E-state index contributed by atoms with van der Waals surface area (Å²) in [7, 11) is 0. The summed E-state index contributed by atoms with van der Waals surface area (Å²) in [6.45, 7) is 3.63. The number of H-pyrrole nitrogens is 1. The first kappa shape index (κ1) is 14.0. The van der Waals surface area contributed by atoms with Gasteiger partial charge in [-0.2, -0.15) is 0 Å². The molecular formula is C16H18F2N2O. The molecule has 2 heterocycles. The summed E-state index contributed by atoms with van der Waals surface area (Å²) in [4.78, 5) is 17.2. The number of nitrogens with zero attached hydrogens (tertiary/aromatic N) is 1. The molecule has 0 aliphatic carbocycles. The minimum Gasteiger partial charge on any atom is -0.360 e. The van der Waals surface area contributed by atoms with Gasteiger partial charge < -0.3 is 9.88 Å². The number of piperidine rings is 1. The Morgan fingerprint density at radius 3 is 2.62 bits per heavy atom. The average Bonchev–Trinajstić information content (AvgIpc) is 2.90. The molecule has 1 amide bonds.